The highest BCUT2D eigenvalue weighted by Crippen LogP contribution is 2.07. The summed E-state index contributed by atoms with van der Waals surface area (Å²) in [7, 11) is 0.868. The third-order valence-corrected chi connectivity index (χ3v) is 5.67. The van der Waals surface area contributed by atoms with Crippen molar-refractivity contribution >= 4 is 40.7 Å². The van der Waals surface area contributed by atoms with Crippen LogP contribution in [0.4, 0.5) is 0 Å². The van der Waals surface area contributed by atoms with Gasteiger partial charge < -0.3 is 15.4 Å². The molecule has 2 N–H and O–H groups in total. The molecule has 2 unspecified atom stereocenters. The zero-order valence-corrected chi connectivity index (χ0v) is 20.4. The molecule has 1 aromatic rings. The van der Waals surface area contributed by atoms with E-state index in [0.29, 0.717) is 24.0 Å². The summed E-state index contributed by atoms with van der Waals surface area (Å²) in [6, 6.07) is 9.96. The predicted octanol–water partition coefficient (Wildman–Crippen LogP) is 2.08. The van der Waals surface area contributed by atoms with Gasteiger partial charge in [0.25, 0.3) is 0 Å². The smallest absolute Gasteiger partial charge is 0.191 e. The molecule has 8 heteroatoms. The predicted molar refractivity (Wildman–Crippen MR) is 129 cm³/mol. The maximum absolute atomic E-state index is 12.2. The molecule has 0 aromatic heterocycles. The zero-order chi connectivity index (χ0) is 19.5. The van der Waals surface area contributed by atoms with E-state index in [-0.39, 0.29) is 30.1 Å². The Kier molecular flexibility index (Phi) is 12.9. The first-order valence-electron chi connectivity index (χ1n) is 9.74. The molecule has 0 spiro atoms. The number of guanidine groups is 1. The van der Waals surface area contributed by atoms with E-state index in [1.807, 2.05) is 30.3 Å². The van der Waals surface area contributed by atoms with Gasteiger partial charge in [-0.2, -0.15) is 0 Å². The van der Waals surface area contributed by atoms with Crippen molar-refractivity contribution in [2.75, 3.05) is 52.1 Å². The largest absolute Gasteiger partial charge is 0.374 e. The van der Waals surface area contributed by atoms with Crippen LogP contribution >= 0.6 is 24.0 Å². The van der Waals surface area contributed by atoms with E-state index in [1.54, 1.807) is 7.05 Å². The molecule has 1 aliphatic heterocycles. The lowest BCUT2D eigenvalue weighted by Gasteiger charge is -2.34. The van der Waals surface area contributed by atoms with Crippen molar-refractivity contribution in [3.8, 4) is 0 Å². The number of ether oxygens (including phenoxy) is 1. The maximum Gasteiger partial charge on any atom is 0.191 e. The molecule has 2 rings (SSSR count). The molecule has 2 atom stereocenters. The highest BCUT2D eigenvalue weighted by Gasteiger charge is 2.21. The van der Waals surface area contributed by atoms with Crippen molar-refractivity contribution in [2.45, 2.75) is 25.7 Å². The van der Waals surface area contributed by atoms with E-state index < -0.39 is 10.8 Å². The molecule has 0 amide bonds. The number of rotatable bonds is 9. The Morgan fingerprint density at radius 3 is 2.75 bits per heavy atom. The first-order chi connectivity index (χ1) is 13.1. The molecule has 160 valence electrons. The number of hydrogen-bond acceptors (Lipinski definition) is 4. The normalized spacial score (nSPS) is 19.1. The van der Waals surface area contributed by atoms with E-state index in [0.717, 1.165) is 44.3 Å². The van der Waals surface area contributed by atoms with Gasteiger partial charge >= 0.3 is 0 Å². The molecule has 28 heavy (non-hydrogen) atoms. The second-order valence-corrected chi connectivity index (χ2v) is 8.88. The van der Waals surface area contributed by atoms with Gasteiger partial charge in [-0.15, -0.1) is 24.0 Å². The molecule has 0 radical (unpaired) electrons. The van der Waals surface area contributed by atoms with Crippen LogP contribution in [0.1, 0.15) is 19.4 Å². The third-order valence-electron chi connectivity index (χ3n) is 4.36. The second kappa shape index (κ2) is 14.3. The average molecular weight is 522 g/mol. The Labute approximate surface area is 189 Å². The van der Waals surface area contributed by atoms with Crippen LogP contribution < -0.4 is 10.6 Å². The van der Waals surface area contributed by atoms with Crippen molar-refractivity contribution in [1.29, 1.82) is 0 Å². The average Bonchev–Trinajstić information content (AvgIpc) is 2.65. The molecule has 0 aliphatic carbocycles. The van der Waals surface area contributed by atoms with Crippen molar-refractivity contribution in [3.63, 3.8) is 0 Å². The Bertz CT molecular complexity index is 601. The molecular formula is C20H35IN4O2S. The van der Waals surface area contributed by atoms with Gasteiger partial charge in [-0.3, -0.25) is 14.1 Å². The van der Waals surface area contributed by atoms with E-state index in [9.17, 15) is 4.21 Å². The summed E-state index contributed by atoms with van der Waals surface area (Å²) >= 11 is 0. The van der Waals surface area contributed by atoms with Crippen LogP contribution in [0.25, 0.3) is 0 Å². The Balaban J connectivity index is 0.00000392. The number of halogens is 1. The van der Waals surface area contributed by atoms with Crippen LogP contribution in [-0.2, 0) is 21.3 Å². The molecule has 1 heterocycles. The molecular weight excluding hydrogens is 487 g/mol. The van der Waals surface area contributed by atoms with Gasteiger partial charge in [0.15, 0.2) is 5.96 Å². The molecule has 0 bridgehead atoms. The fraction of sp³-hybridized carbons (Fsp3) is 0.650. The molecule has 1 aromatic carbocycles. The van der Waals surface area contributed by atoms with Crippen molar-refractivity contribution in [1.82, 2.24) is 15.5 Å². The van der Waals surface area contributed by atoms with E-state index >= 15 is 0 Å². The van der Waals surface area contributed by atoms with Gasteiger partial charge in [0.1, 0.15) is 0 Å². The molecule has 6 nitrogen and oxygen atoms in total. The maximum atomic E-state index is 12.2. The lowest BCUT2D eigenvalue weighted by atomic mass is 10.2. The minimum Gasteiger partial charge on any atom is -0.374 e. The first-order valence-corrected chi connectivity index (χ1v) is 11.2. The SMILES string of the molecule is CN=C(NCCS(=O)Cc1ccccc1)NCC1CN(CC(C)C)CCO1.I. The standard InChI is InChI=1S/C20H34N4O2S.HI/c1-17(2)14-24-10-11-26-19(15-24)13-23-20(21-3)22-9-12-27(25)16-18-7-5-4-6-8-18;/h4-8,17,19H,9-16H2,1-3H3,(H2,21,22,23);1H. The number of aliphatic imine (C=N–C) groups is 1. The van der Waals surface area contributed by atoms with Gasteiger partial charge in [0.05, 0.1) is 12.7 Å². The fourth-order valence-corrected chi connectivity index (χ4v) is 4.17. The highest BCUT2D eigenvalue weighted by molar-refractivity contribution is 14.0. The topological polar surface area (TPSA) is 66.0 Å². The van der Waals surface area contributed by atoms with E-state index in [2.05, 4.69) is 34.4 Å². The summed E-state index contributed by atoms with van der Waals surface area (Å²) in [6.07, 6.45) is 0.170. The van der Waals surface area contributed by atoms with Gasteiger partial charge in [-0.25, -0.2) is 0 Å². The number of nitrogens with zero attached hydrogens (tertiary/aromatic N) is 2. The molecule has 1 aliphatic rings. The Morgan fingerprint density at radius 2 is 2.07 bits per heavy atom. The Hall–Kier alpha value is -0.710. The lowest BCUT2D eigenvalue weighted by Crippen LogP contribution is -2.50. The minimum atomic E-state index is -0.885. The Morgan fingerprint density at radius 1 is 1.32 bits per heavy atom. The zero-order valence-electron chi connectivity index (χ0n) is 17.2. The summed E-state index contributed by atoms with van der Waals surface area (Å²) in [4.78, 5) is 6.71. The fourth-order valence-electron chi connectivity index (χ4n) is 3.13. The summed E-state index contributed by atoms with van der Waals surface area (Å²) in [5, 5.41) is 6.57. The summed E-state index contributed by atoms with van der Waals surface area (Å²) in [6.45, 7) is 9.69. The van der Waals surface area contributed by atoms with E-state index in [4.69, 9.17) is 4.74 Å². The molecule has 1 fully saturated rings. The van der Waals surface area contributed by atoms with Crippen molar-refractivity contribution in [2.24, 2.45) is 10.9 Å². The number of hydrogen-bond donors (Lipinski definition) is 2. The van der Waals surface area contributed by atoms with Crippen LogP contribution in [0.3, 0.4) is 0 Å². The van der Waals surface area contributed by atoms with Crippen LogP contribution in [0.2, 0.25) is 0 Å². The molecule has 1 saturated heterocycles. The van der Waals surface area contributed by atoms with Gasteiger partial charge in [0, 0.05) is 62.1 Å². The second-order valence-electron chi connectivity index (χ2n) is 7.30. The van der Waals surface area contributed by atoms with Crippen LogP contribution in [-0.4, -0.2) is 73.3 Å². The first kappa shape index (κ1) is 25.3. The minimum absolute atomic E-state index is 0. The van der Waals surface area contributed by atoms with Gasteiger partial charge in [-0.1, -0.05) is 44.2 Å². The van der Waals surface area contributed by atoms with Crippen molar-refractivity contribution < 1.29 is 8.95 Å². The number of nitrogens with one attached hydrogen (secondary N) is 2. The van der Waals surface area contributed by atoms with Gasteiger partial charge in [0.2, 0.25) is 0 Å². The van der Waals surface area contributed by atoms with Gasteiger partial charge in [-0.05, 0) is 11.5 Å². The van der Waals surface area contributed by atoms with Crippen molar-refractivity contribution in [3.05, 3.63) is 35.9 Å². The van der Waals surface area contributed by atoms with Crippen LogP contribution in [0.5, 0.6) is 0 Å². The monoisotopic (exact) mass is 522 g/mol. The summed E-state index contributed by atoms with van der Waals surface area (Å²) < 4.78 is 18.1. The van der Waals surface area contributed by atoms with Crippen LogP contribution in [0.15, 0.2) is 35.3 Å². The lowest BCUT2D eigenvalue weighted by molar-refractivity contribution is -0.0284. The van der Waals surface area contributed by atoms with E-state index in [1.165, 1.54) is 0 Å². The molecule has 0 saturated carbocycles. The van der Waals surface area contributed by atoms with Crippen LogP contribution in [0, 0.1) is 5.92 Å². The number of morpholine rings is 1. The number of benzene rings is 1. The summed E-state index contributed by atoms with van der Waals surface area (Å²) in [5.74, 6) is 2.59. The highest BCUT2D eigenvalue weighted by atomic mass is 127. The third kappa shape index (κ3) is 10.2. The quantitative estimate of drug-likeness (QED) is 0.296. The summed E-state index contributed by atoms with van der Waals surface area (Å²) in [5.41, 5.74) is 1.11.